The van der Waals surface area contributed by atoms with E-state index in [1.54, 1.807) is 11.3 Å². The van der Waals surface area contributed by atoms with Crippen LogP contribution in [-0.4, -0.2) is 0 Å². The van der Waals surface area contributed by atoms with Crippen LogP contribution in [0.2, 0.25) is 0 Å². The molecular weight excluding hydrogens is 318 g/mol. The van der Waals surface area contributed by atoms with E-state index in [0.717, 1.165) is 6.07 Å². The normalized spacial score (nSPS) is 12.7. The van der Waals surface area contributed by atoms with Crippen LogP contribution in [0.1, 0.15) is 25.7 Å². The molecule has 0 amide bonds. The molecule has 0 N–H and O–H groups in total. The fraction of sp³-hybridized carbons (Fsp3) is 0.286. The summed E-state index contributed by atoms with van der Waals surface area (Å²) in [5.74, 6) is -1.02. The van der Waals surface area contributed by atoms with Gasteiger partial charge in [-0.2, -0.15) is 0 Å². The first-order valence-electron chi connectivity index (χ1n) is 5.62. The number of rotatable bonds is 3. The van der Waals surface area contributed by atoms with Gasteiger partial charge >= 0.3 is 0 Å². The molecule has 0 fully saturated rings. The molecule has 0 bridgehead atoms. The van der Waals surface area contributed by atoms with Crippen LogP contribution >= 0.6 is 27.3 Å². The zero-order valence-corrected chi connectivity index (χ0v) is 12.5. The first-order valence-corrected chi connectivity index (χ1v) is 7.35. The van der Waals surface area contributed by atoms with Crippen LogP contribution < -0.4 is 0 Å². The summed E-state index contributed by atoms with van der Waals surface area (Å²) in [6.07, 6.45) is 0.521. The number of benzene rings is 1. The Hall–Kier alpha value is -0.740. The largest absolute Gasteiger partial charge is 0.207 e. The second-order valence-corrected chi connectivity index (χ2v) is 6.70. The molecule has 1 aromatic heterocycles. The minimum Gasteiger partial charge on any atom is -0.207 e. The third kappa shape index (κ3) is 2.98. The second-order valence-electron chi connectivity index (χ2n) is 4.31. The highest BCUT2D eigenvalue weighted by atomic mass is 79.9. The number of hydrogen-bond donors (Lipinski definition) is 0. The predicted molar refractivity (Wildman–Crippen MR) is 75.5 cm³/mol. The van der Waals surface area contributed by atoms with Gasteiger partial charge in [0.2, 0.25) is 0 Å². The maximum atomic E-state index is 13.6. The predicted octanol–water partition coefficient (Wildman–Crippen LogP) is 5.32. The Morgan fingerprint density at radius 2 is 1.94 bits per heavy atom. The van der Waals surface area contributed by atoms with Gasteiger partial charge in [-0.3, -0.25) is 0 Å². The number of alkyl halides is 1. The van der Waals surface area contributed by atoms with Crippen LogP contribution in [0.3, 0.4) is 0 Å². The first-order chi connectivity index (χ1) is 8.47. The maximum absolute atomic E-state index is 13.6. The number of halogens is 3. The van der Waals surface area contributed by atoms with Crippen molar-refractivity contribution in [3.05, 3.63) is 56.8 Å². The molecule has 0 nitrogen and oxygen atoms in total. The Bertz CT molecular complexity index is 563. The van der Waals surface area contributed by atoms with Crippen molar-refractivity contribution in [3.8, 4) is 0 Å². The SMILES string of the molecule is Cc1cc(C)c(C(Br)Cc2ccc(F)cc2F)s1. The molecule has 0 aliphatic heterocycles. The zero-order chi connectivity index (χ0) is 13.3. The van der Waals surface area contributed by atoms with Gasteiger partial charge in [0, 0.05) is 15.8 Å². The van der Waals surface area contributed by atoms with Gasteiger partial charge in [-0.1, -0.05) is 22.0 Å². The summed E-state index contributed by atoms with van der Waals surface area (Å²) in [6.45, 7) is 4.10. The Labute approximate surface area is 118 Å². The second kappa shape index (κ2) is 5.49. The summed E-state index contributed by atoms with van der Waals surface area (Å²) in [5.41, 5.74) is 1.74. The van der Waals surface area contributed by atoms with E-state index in [1.807, 2.05) is 6.92 Å². The van der Waals surface area contributed by atoms with E-state index in [-0.39, 0.29) is 4.83 Å². The molecule has 1 unspecified atom stereocenters. The molecule has 2 aromatic rings. The Kier molecular flexibility index (Phi) is 4.17. The van der Waals surface area contributed by atoms with E-state index in [2.05, 4.69) is 28.9 Å². The molecule has 0 radical (unpaired) electrons. The van der Waals surface area contributed by atoms with E-state index in [1.165, 1.54) is 27.5 Å². The average molecular weight is 331 g/mol. The molecule has 0 aliphatic carbocycles. The Morgan fingerprint density at radius 1 is 1.22 bits per heavy atom. The van der Waals surface area contributed by atoms with E-state index < -0.39 is 11.6 Å². The van der Waals surface area contributed by atoms with Gasteiger partial charge in [0.25, 0.3) is 0 Å². The minimum absolute atomic E-state index is 0.0659. The lowest BCUT2D eigenvalue weighted by Crippen LogP contribution is -1.98. The molecule has 4 heteroatoms. The smallest absolute Gasteiger partial charge is 0.129 e. The monoisotopic (exact) mass is 330 g/mol. The van der Waals surface area contributed by atoms with Crippen LogP contribution in [0.25, 0.3) is 0 Å². The molecule has 0 saturated heterocycles. The van der Waals surface area contributed by atoms with E-state index >= 15 is 0 Å². The summed E-state index contributed by atoms with van der Waals surface area (Å²) >= 11 is 5.30. The average Bonchev–Trinajstić information content (AvgIpc) is 2.62. The van der Waals surface area contributed by atoms with Crippen LogP contribution in [0, 0.1) is 25.5 Å². The number of aryl methyl sites for hydroxylation is 2. The van der Waals surface area contributed by atoms with Gasteiger partial charge in [-0.05, 0) is 43.5 Å². The van der Waals surface area contributed by atoms with Crippen molar-refractivity contribution < 1.29 is 8.78 Å². The summed E-state index contributed by atoms with van der Waals surface area (Å²) in [6, 6.07) is 5.86. The number of hydrogen-bond acceptors (Lipinski definition) is 1. The lowest BCUT2D eigenvalue weighted by molar-refractivity contribution is 0.571. The first kappa shape index (κ1) is 13.7. The van der Waals surface area contributed by atoms with Crippen molar-refractivity contribution >= 4 is 27.3 Å². The Morgan fingerprint density at radius 3 is 2.50 bits per heavy atom. The lowest BCUT2D eigenvalue weighted by atomic mass is 10.1. The molecule has 1 atom stereocenters. The molecule has 1 heterocycles. The van der Waals surface area contributed by atoms with Crippen molar-refractivity contribution in [2.75, 3.05) is 0 Å². The van der Waals surface area contributed by atoms with Crippen molar-refractivity contribution in [3.63, 3.8) is 0 Å². The van der Waals surface area contributed by atoms with E-state index in [9.17, 15) is 8.78 Å². The molecule has 0 saturated carbocycles. The third-order valence-electron chi connectivity index (χ3n) is 2.78. The van der Waals surface area contributed by atoms with Crippen molar-refractivity contribution in [2.24, 2.45) is 0 Å². The summed E-state index contributed by atoms with van der Waals surface area (Å²) in [5, 5.41) is 0. The summed E-state index contributed by atoms with van der Waals surface area (Å²) in [4.78, 5) is 2.51. The van der Waals surface area contributed by atoms with Crippen LogP contribution in [0.4, 0.5) is 8.78 Å². The fourth-order valence-corrected chi connectivity index (χ4v) is 3.95. The molecule has 0 aliphatic rings. The molecule has 2 rings (SSSR count). The maximum Gasteiger partial charge on any atom is 0.129 e. The van der Waals surface area contributed by atoms with Gasteiger partial charge < -0.3 is 0 Å². The highest BCUT2D eigenvalue weighted by Gasteiger charge is 2.16. The third-order valence-corrected chi connectivity index (χ3v) is 5.13. The highest BCUT2D eigenvalue weighted by molar-refractivity contribution is 9.09. The minimum atomic E-state index is -0.537. The van der Waals surface area contributed by atoms with Gasteiger partial charge in [-0.25, -0.2) is 8.78 Å². The van der Waals surface area contributed by atoms with Crippen LogP contribution in [-0.2, 0) is 6.42 Å². The number of thiophene rings is 1. The molecule has 96 valence electrons. The van der Waals surface area contributed by atoms with Crippen LogP contribution in [0.15, 0.2) is 24.3 Å². The quantitative estimate of drug-likeness (QED) is 0.668. The van der Waals surface area contributed by atoms with Crippen molar-refractivity contribution in [1.82, 2.24) is 0 Å². The summed E-state index contributed by atoms with van der Waals surface area (Å²) < 4.78 is 26.4. The fourth-order valence-electron chi connectivity index (χ4n) is 1.94. The zero-order valence-electron chi connectivity index (χ0n) is 10.1. The van der Waals surface area contributed by atoms with Crippen molar-refractivity contribution in [1.29, 1.82) is 0 Å². The highest BCUT2D eigenvalue weighted by Crippen LogP contribution is 2.35. The van der Waals surface area contributed by atoms with Gasteiger partial charge in [-0.15, -0.1) is 11.3 Å². The molecular formula is C14H13BrF2S. The van der Waals surface area contributed by atoms with Crippen molar-refractivity contribution in [2.45, 2.75) is 25.1 Å². The lowest BCUT2D eigenvalue weighted by Gasteiger charge is -2.10. The molecule has 18 heavy (non-hydrogen) atoms. The topological polar surface area (TPSA) is 0 Å². The summed E-state index contributed by atoms with van der Waals surface area (Å²) in [7, 11) is 0. The van der Waals surface area contributed by atoms with Gasteiger partial charge in [0.05, 0.1) is 4.83 Å². The van der Waals surface area contributed by atoms with E-state index in [4.69, 9.17) is 0 Å². The Balaban J connectivity index is 2.21. The standard InChI is InChI=1S/C14H13BrF2S/c1-8-5-9(2)18-14(8)12(15)6-10-3-4-11(16)7-13(10)17/h3-5,7,12H,6H2,1-2H3. The van der Waals surface area contributed by atoms with E-state index in [0.29, 0.717) is 12.0 Å². The van der Waals surface area contributed by atoms with Gasteiger partial charge in [0.1, 0.15) is 11.6 Å². The molecule has 0 spiro atoms. The van der Waals surface area contributed by atoms with Crippen LogP contribution in [0.5, 0.6) is 0 Å². The molecule has 1 aromatic carbocycles. The van der Waals surface area contributed by atoms with Gasteiger partial charge in [0.15, 0.2) is 0 Å².